The van der Waals surface area contributed by atoms with Crippen LogP contribution in [0.25, 0.3) is 0 Å². The van der Waals surface area contributed by atoms with E-state index in [0.717, 1.165) is 6.42 Å². The van der Waals surface area contributed by atoms with E-state index in [4.69, 9.17) is 0 Å². The summed E-state index contributed by atoms with van der Waals surface area (Å²) in [6, 6.07) is 6.56. The highest BCUT2D eigenvalue weighted by molar-refractivity contribution is 5.30. The standard InChI is InChI=1S/C17H26O/c1-13-7-8-15(11-14(13)2)12-16(18)17(3)9-5-4-6-10-17/h7-8,11,16,18H,4-6,9-10,12H2,1-3H3. The van der Waals surface area contributed by atoms with Gasteiger partial charge in [0, 0.05) is 0 Å². The average molecular weight is 246 g/mol. The first-order chi connectivity index (χ1) is 8.51. The first-order valence-corrected chi connectivity index (χ1v) is 7.25. The molecule has 1 saturated carbocycles. The molecule has 1 unspecified atom stereocenters. The van der Waals surface area contributed by atoms with Crippen molar-refractivity contribution in [2.24, 2.45) is 5.41 Å². The van der Waals surface area contributed by atoms with E-state index in [1.165, 1.54) is 48.8 Å². The lowest BCUT2D eigenvalue weighted by molar-refractivity contribution is 0.0104. The zero-order valence-electron chi connectivity index (χ0n) is 12.0. The summed E-state index contributed by atoms with van der Waals surface area (Å²) in [5.74, 6) is 0. The zero-order chi connectivity index (χ0) is 13.2. The lowest BCUT2D eigenvalue weighted by atomic mass is 9.70. The van der Waals surface area contributed by atoms with Crippen LogP contribution in [0, 0.1) is 19.3 Å². The molecule has 0 aromatic heterocycles. The van der Waals surface area contributed by atoms with Crippen molar-refractivity contribution in [2.75, 3.05) is 0 Å². The molecule has 1 aromatic carbocycles. The van der Waals surface area contributed by atoms with Crippen molar-refractivity contribution in [2.45, 2.75) is 65.4 Å². The number of hydrogen-bond acceptors (Lipinski definition) is 1. The molecule has 0 radical (unpaired) electrons. The third kappa shape index (κ3) is 2.95. The summed E-state index contributed by atoms with van der Waals surface area (Å²) in [4.78, 5) is 0. The summed E-state index contributed by atoms with van der Waals surface area (Å²) in [6.45, 7) is 6.55. The smallest absolute Gasteiger partial charge is 0.0634 e. The van der Waals surface area contributed by atoms with Crippen LogP contribution in [0.5, 0.6) is 0 Å². The Labute approximate surface area is 111 Å². The molecule has 1 N–H and O–H groups in total. The SMILES string of the molecule is Cc1ccc(CC(O)C2(C)CCCCC2)cc1C. The molecular weight excluding hydrogens is 220 g/mol. The predicted octanol–water partition coefficient (Wildman–Crippen LogP) is 4.18. The second-order valence-electron chi connectivity index (χ2n) is 6.35. The molecular formula is C17H26O. The zero-order valence-corrected chi connectivity index (χ0v) is 12.0. The number of aryl methyl sites for hydroxylation is 2. The Morgan fingerprint density at radius 1 is 1.11 bits per heavy atom. The van der Waals surface area contributed by atoms with E-state index in [1.54, 1.807) is 0 Å². The van der Waals surface area contributed by atoms with Gasteiger partial charge in [-0.2, -0.15) is 0 Å². The molecule has 1 fully saturated rings. The first-order valence-electron chi connectivity index (χ1n) is 7.25. The van der Waals surface area contributed by atoms with E-state index in [1.807, 2.05) is 0 Å². The lowest BCUT2D eigenvalue weighted by Gasteiger charge is -2.38. The van der Waals surface area contributed by atoms with E-state index in [2.05, 4.69) is 39.0 Å². The van der Waals surface area contributed by atoms with Gasteiger partial charge in [-0.25, -0.2) is 0 Å². The molecule has 0 heterocycles. The van der Waals surface area contributed by atoms with Crippen LogP contribution in [-0.4, -0.2) is 11.2 Å². The van der Waals surface area contributed by atoms with Crippen molar-refractivity contribution < 1.29 is 5.11 Å². The highest BCUT2D eigenvalue weighted by Gasteiger charge is 2.34. The van der Waals surface area contributed by atoms with E-state index in [-0.39, 0.29) is 11.5 Å². The summed E-state index contributed by atoms with van der Waals surface area (Å²) in [6.07, 6.45) is 6.86. The van der Waals surface area contributed by atoms with Crippen molar-refractivity contribution >= 4 is 0 Å². The molecule has 1 nitrogen and oxygen atoms in total. The fraction of sp³-hybridized carbons (Fsp3) is 0.647. The molecule has 1 aliphatic carbocycles. The molecule has 18 heavy (non-hydrogen) atoms. The molecule has 1 aromatic rings. The molecule has 1 atom stereocenters. The fourth-order valence-corrected chi connectivity index (χ4v) is 3.09. The summed E-state index contributed by atoms with van der Waals surface area (Å²) in [7, 11) is 0. The summed E-state index contributed by atoms with van der Waals surface area (Å²) in [5, 5.41) is 10.5. The molecule has 0 amide bonds. The van der Waals surface area contributed by atoms with Gasteiger partial charge < -0.3 is 5.11 Å². The third-order valence-electron chi connectivity index (χ3n) is 4.80. The van der Waals surface area contributed by atoms with Crippen LogP contribution in [0.15, 0.2) is 18.2 Å². The van der Waals surface area contributed by atoms with E-state index in [9.17, 15) is 5.11 Å². The Kier molecular flexibility index (Phi) is 4.11. The minimum absolute atomic E-state index is 0.136. The molecule has 2 rings (SSSR count). The van der Waals surface area contributed by atoms with Gasteiger partial charge >= 0.3 is 0 Å². The number of rotatable bonds is 3. The van der Waals surface area contributed by atoms with Gasteiger partial charge in [0.1, 0.15) is 0 Å². The average Bonchev–Trinajstić information content (AvgIpc) is 2.35. The second-order valence-corrected chi connectivity index (χ2v) is 6.35. The summed E-state index contributed by atoms with van der Waals surface area (Å²) in [5.41, 5.74) is 4.07. The van der Waals surface area contributed by atoms with Gasteiger partial charge in [0.15, 0.2) is 0 Å². The molecule has 0 spiro atoms. The minimum atomic E-state index is -0.195. The van der Waals surface area contributed by atoms with Gasteiger partial charge in [0.2, 0.25) is 0 Å². The van der Waals surface area contributed by atoms with Crippen molar-refractivity contribution in [3.05, 3.63) is 34.9 Å². The highest BCUT2D eigenvalue weighted by atomic mass is 16.3. The number of aliphatic hydroxyl groups is 1. The van der Waals surface area contributed by atoms with Crippen molar-refractivity contribution in [3.8, 4) is 0 Å². The summed E-state index contributed by atoms with van der Waals surface area (Å²) < 4.78 is 0. The van der Waals surface area contributed by atoms with Crippen LogP contribution >= 0.6 is 0 Å². The molecule has 100 valence electrons. The number of benzene rings is 1. The Hall–Kier alpha value is -0.820. The largest absolute Gasteiger partial charge is 0.392 e. The molecule has 0 saturated heterocycles. The third-order valence-corrected chi connectivity index (χ3v) is 4.80. The van der Waals surface area contributed by atoms with Crippen LogP contribution in [0.3, 0.4) is 0 Å². The molecule has 1 heteroatoms. The van der Waals surface area contributed by atoms with E-state index in [0.29, 0.717) is 0 Å². The maximum absolute atomic E-state index is 10.5. The minimum Gasteiger partial charge on any atom is -0.392 e. The van der Waals surface area contributed by atoms with Crippen LogP contribution in [0.4, 0.5) is 0 Å². The van der Waals surface area contributed by atoms with Gasteiger partial charge in [-0.05, 0) is 55.2 Å². The topological polar surface area (TPSA) is 20.2 Å². The lowest BCUT2D eigenvalue weighted by Crippen LogP contribution is -2.35. The normalized spacial score (nSPS) is 20.7. The predicted molar refractivity (Wildman–Crippen MR) is 76.8 cm³/mol. The van der Waals surface area contributed by atoms with Crippen molar-refractivity contribution in [1.29, 1.82) is 0 Å². The molecule has 0 aliphatic heterocycles. The number of hydrogen-bond donors (Lipinski definition) is 1. The quantitative estimate of drug-likeness (QED) is 0.848. The van der Waals surface area contributed by atoms with Crippen molar-refractivity contribution in [1.82, 2.24) is 0 Å². The number of aliphatic hydroxyl groups excluding tert-OH is 1. The Balaban J connectivity index is 2.05. The van der Waals surface area contributed by atoms with Crippen molar-refractivity contribution in [3.63, 3.8) is 0 Å². The Morgan fingerprint density at radius 2 is 1.78 bits per heavy atom. The van der Waals surface area contributed by atoms with Crippen LogP contribution < -0.4 is 0 Å². The molecule has 1 aliphatic rings. The monoisotopic (exact) mass is 246 g/mol. The van der Waals surface area contributed by atoms with Crippen LogP contribution in [0.1, 0.15) is 55.7 Å². The van der Waals surface area contributed by atoms with E-state index >= 15 is 0 Å². The van der Waals surface area contributed by atoms with Gasteiger partial charge in [0.25, 0.3) is 0 Å². The molecule has 0 bridgehead atoms. The Bertz CT molecular complexity index is 402. The summed E-state index contributed by atoms with van der Waals surface area (Å²) >= 11 is 0. The Morgan fingerprint density at radius 3 is 2.39 bits per heavy atom. The first kappa shape index (κ1) is 13.6. The van der Waals surface area contributed by atoms with Gasteiger partial charge in [-0.3, -0.25) is 0 Å². The highest BCUT2D eigenvalue weighted by Crippen LogP contribution is 2.39. The maximum Gasteiger partial charge on any atom is 0.0634 e. The second kappa shape index (κ2) is 5.44. The fourth-order valence-electron chi connectivity index (χ4n) is 3.09. The van der Waals surface area contributed by atoms with Gasteiger partial charge in [0.05, 0.1) is 6.10 Å². The van der Waals surface area contributed by atoms with Gasteiger partial charge in [-0.15, -0.1) is 0 Å². The van der Waals surface area contributed by atoms with Crippen LogP contribution in [0.2, 0.25) is 0 Å². The van der Waals surface area contributed by atoms with Gasteiger partial charge in [-0.1, -0.05) is 44.4 Å². The van der Waals surface area contributed by atoms with Crippen LogP contribution in [-0.2, 0) is 6.42 Å². The maximum atomic E-state index is 10.5. The van der Waals surface area contributed by atoms with E-state index < -0.39 is 0 Å².